The molecular weight excluding hydrogens is 222 g/mol. The number of fused-ring (bicyclic) bond motifs is 2. The van der Waals surface area contributed by atoms with Crippen LogP contribution in [0.5, 0.6) is 0 Å². The van der Waals surface area contributed by atoms with Crippen molar-refractivity contribution in [1.29, 1.82) is 0 Å². The number of carbonyl (C=O) groups excluding carboxylic acids is 1. The average Bonchev–Trinajstić information content (AvgIpc) is 3.02. The fourth-order valence-electron chi connectivity index (χ4n) is 3.05. The van der Waals surface area contributed by atoms with Crippen LogP contribution in [0.4, 0.5) is 0 Å². The Labute approximate surface area is 99.0 Å². The number of carbonyl (C=O) groups is 2. The van der Waals surface area contributed by atoms with Crippen molar-refractivity contribution >= 4 is 11.9 Å². The second-order valence-electron chi connectivity index (χ2n) is 4.87. The molecule has 17 heavy (non-hydrogen) atoms. The lowest BCUT2D eigenvalue weighted by atomic mass is 9.82. The van der Waals surface area contributed by atoms with Gasteiger partial charge in [-0.05, 0) is 12.8 Å². The lowest BCUT2D eigenvalue weighted by Gasteiger charge is -2.25. The summed E-state index contributed by atoms with van der Waals surface area (Å²) in [5.74, 6) is -2.22. The second-order valence-corrected chi connectivity index (χ2v) is 4.87. The Balaban J connectivity index is 1.83. The van der Waals surface area contributed by atoms with E-state index in [1.54, 1.807) is 11.0 Å². The van der Waals surface area contributed by atoms with E-state index in [2.05, 4.69) is 0 Å². The van der Waals surface area contributed by atoms with Gasteiger partial charge in [0.25, 0.3) is 0 Å². The van der Waals surface area contributed by atoms with Crippen LogP contribution in [0.15, 0.2) is 12.2 Å². The third-order valence-electron chi connectivity index (χ3n) is 3.89. The largest absolute Gasteiger partial charge is 0.481 e. The van der Waals surface area contributed by atoms with Gasteiger partial charge in [-0.1, -0.05) is 12.2 Å². The van der Waals surface area contributed by atoms with Crippen LogP contribution in [0, 0.1) is 11.8 Å². The summed E-state index contributed by atoms with van der Waals surface area (Å²) in [7, 11) is 0. The predicted molar refractivity (Wildman–Crippen MR) is 58.2 cm³/mol. The number of nitrogens with zero attached hydrogens (tertiary/aromatic N) is 1. The molecule has 5 heteroatoms. The average molecular weight is 237 g/mol. The highest BCUT2D eigenvalue weighted by Crippen LogP contribution is 2.40. The minimum Gasteiger partial charge on any atom is -0.481 e. The summed E-state index contributed by atoms with van der Waals surface area (Å²) in [6.07, 6.45) is 4.85. The molecule has 5 nitrogen and oxygen atoms in total. The monoisotopic (exact) mass is 237 g/mol. The number of hydrogen-bond acceptors (Lipinski definition) is 3. The first-order valence-corrected chi connectivity index (χ1v) is 6.04. The molecule has 0 radical (unpaired) electrons. The zero-order chi connectivity index (χ0) is 12.0. The summed E-state index contributed by atoms with van der Waals surface area (Å²) in [6.45, 7) is 1.51. The quantitative estimate of drug-likeness (QED) is 0.700. The first kappa shape index (κ1) is 10.8. The molecule has 0 aromatic heterocycles. The summed E-state index contributed by atoms with van der Waals surface area (Å²) in [4.78, 5) is 25.3. The number of rotatable bonds is 2. The Morgan fingerprint density at radius 1 is 1.12 bits per heavy atom. The number of carboxylic acid groups (broad SMARTS) is 1. The van der Waals surface area contributed by atoms with Gasteiger partial charge in [0.05, 0.1) is 18.1 Å². The number of ether oxygens (including phenoxy) is 1. The standard InChI is InChI=1S/C12H15NO4/c14-11(13-5-1-2-6-13)9-7-3-4-8(17-7)10(9)12(15)16/h3-4,7-10H,1-2,5-6H2,(H,15,16). The van der Waals surface area contributed by atoms with Crippen LogP contribution in [-0.2, 0) is 14.3 Å². The number of carboxylic acids is 1. The van der Waals surface area contributed by atoms with Crippen molar-refractivity contribution in [2.24, 2.45) is 11.8 Å². The summed E-state index contributed by atoms with van der Waals surface area (Å²) in [6, 6.07) is 0. The molecule has 4 atom stereocenters. The molecule has 0 aromatic rings. The fourth-order valence-corrected chi connectivity index (χ4v) is 3.05. The minimum atomic E-state index is -0.931. The summed E-state index contributed by atoms with van der Waals surface area (Å²) in [5, 5.41) is 9.21. The van der Waals surface area contributed by atoms with Crippen LogP contribution >= 0.6 is 0 Å². The van der Waals surface area contributed by atoms with Gasteiger partial charge in [0.1, 0.15) is 5.92 Å². The van der Waals surface area contributed by atoms with Crippen LogP contribution in [0.1, 0.15) is 12.8 Å². The molecule has 92 valence electrons. The highest BCUT2D eigenvalue weighted by molar-refractivity contribution is 5.87. The van der Waals surface area contributed by atoms with E-state index < -0.39 is 23.9 Å². The van der Waals surface area contributed by atoms with Crippen LogP contribution in [0.25, 0.3) is 0 Å². The Bertz CT molecular complexity index is 386. The van der Waals surface area contributed by atoms with E-state index in [4.69, 9.17) is 4.74 Å². The topological polar surface area (TPSA) is 66.8 Å². The molecule has 0 aliphatic carbocycles. The van der Waals surface area contributed by atoms with Crippen LogP contribution in [0.3, 0.4) is 0 Å². The van der Waals surface area contributed by atoms with E-state index in [0.717, 1.165) is 25.9 Å². The molecule has 4 unspecified atom stereocenters. The fraction of sp³-hybridized carbons (Fsp3) is 0.667. The van der Waals surface area contributed by atoms with Gasteiger partial charge in [-0.15, -0.1) is 0 Å². The molecule has 0 saturated carbocycles. The van der Waals surface area contributed by atoms with E-state index in [9.17, 15) is 14.7 Å². The maximum Gasteiger partial charge on any atom is 0.310 e. The molecule has 0 aromatic carbocycles. The third kappa shape index (κ3) is 1.57. The third-order valence-corrected chi connectivity index (χ3v) is 3.89. The van der Waals surface area contributed by atoms with Gasteiger partial charge in [0, 0.05) is 13.1 Å². The number of amides is 1. The zero-order valence-electron chi connectivity index (χ0n) is 9.41. The number of aliphatic carboxylic acids is 1. The van der Waals surface area contributed by atoms with Gasteiger partial charge < -0.3 is 14.7 Å². The normalized spacial score (nSPS) is 38.9. The first-order valence-electron chi connectivity index (χ1n) is 6.04. The van der Waals surface area contributed by atoms with E-state index in [1.165, 1.54) is 0 Å². The van der Waals surface area contributed by atoms with E-state index >= 15 is 0 Å². The number of hydrogen-bond donors (Lipinski definition) is 1. The van der Waals surface area contributed by atoms with Gasteiger partial charge in [0.15, 0.2) is 0 Å². The highest BCUT2D eigenvalue weighted by atomic mass is 16.5. The molecule has 3 aliphatic heterocycles. The van der Waals surface area contributed by atoms with Crippen molar-refractivity contribution in [3.8, 4) is 0 Å². The van der Waals surface area contributed by atoms with Gasteiger partial charge in [0.2, 0.25) is 5.91 Å². The molecular formula is C12H15NO4. The van der Waals surface area contributed by atoms with Crippen molar-refractivity contribution in [3.05, 3.63) is 12.2 Å². The van der Waals surface area contributed by atoms with Gasteiger partial charge >= 0.3 is 5.97 Å². The smallest absolute Gasteiger partial charge is 0.310 e. The Kier molecular flexibility index (Phi) is 2.43. The Morgan fingerprint density at radius 2 is 1.71 bits per heavy atom. The SMILES string of the molecule is O=C(O)C1C2C=CC(O2)C1C(=O)N1CCCC1. The van der Waals surface area contributed by atoms with E-state index in [-0.39, 0.29) is 12.0 Å². The van der Waals surface area contributed by atoms with Crippen molar-refractivity contribution in [2.75, 3.05) is 13.1 Å². The molecule has 3 rings (SSSR count). The van der Waals surface area contributed by atoms with E-state index in [1.807, 2.05) is 6.08 Å². The Hall–Kier alpha value is -1.36. The molecule has 3 heterocycles. The second kappa shape index (κ2) is 3.84. The molecule has 1 N–H and O–H groups in total. The lowest BCUT2D eigenvalue weighted by Crippen LogP contribution is -2.43. The molecule has 1 amide bonds. The van der Waals surface area contributed by atoms with Crippen molar-refractivity contribution in [1.82, 2.24) is 4.90 Å². The maximum absolute atomic E-state index is 12.3. The van der Waals surface area contributed by atoms with Crippen LogP contribution < -0.4 is 0 Å². The number of likely N-dealkylation sites (tertiary alicyclic amines) is 1. The lowest BCUT2D eigenvalue weighted by molar-refractivity contribution is -0.149. The molecule has 2 bridgehead atoms. The summed E-state index contributed by atoms with van der Waals surface area (Å²) < 4.78 is 5.50. The van der Waals surface area contributed by atoms with Crippen molar-refractivity contribution < 1.29 is 19.4 Å². The molecule has 2 saturated heterocycles. The summed E-state index contributed by atoms with van der Waals surface area (Å²) in [5.41, 5.74) is 0. The predicted octanol–water partition coefficient (Wildman–Crippen LogP) is 0.263. The van der Waals surface area contributed by atoms with Gasteiger partial charge in [-0.2, -0.15) is 0 Å². The maximum atomic E-state index is 12.3. The van der Waals surface area contributed by atoms with Crippen LogP contribution in [0.2, 0.25) is 0 Å². The first-order chi connectivity index (χ1) is 8.18. The highest BCUT2D eigenvalue weighted by Gasteiger charge is 2.54. The molecule has 2 fully saturated rings. The summed E-state index contributed by atoms with van der Waals surface area (Å²) >= 11 is 0. The zero-order valence-corrected chi connectivity index (χ0v) is 9.41. The van der Waals surface area contributed by atoms with Crippen molar-refractivity contribution in [2.45, 2.75) is 25.0 Å². The molecule has 0 spiro atoms. The Morgan fingerprint density at radius 3 is 2.29 bits per heavy atom. The van der Waals surface area contributed by atoms with Crippen LogP contribution in [-0.4, -0.2) is 47.2 Å². The van der Waals surface area contributed by atoms with Gasteiger partial charge in [-0.3, -0.25) is 9.59 Å². The van der Waals surface area contributed by atoms with Crippen molar-refractivity contribution in [3.63, 3.8) is 0 Å². The minimum absolute atomic E-state index is 0.0493. The van der Waals surface area contributed by atoms with E-state index in [0.29, 0.717) is 0 Å². The van der Waals surface area contributed by atoms with Gasteiger partial charge in [-0.25, -0.2) is 0 Å². The molecule has 3 aliphatic rings.